The van der Waals surface area contributed by atoms with Crippen LogP contribution in [0.3, 0.4) is 0 Å². The molecule has 1 N–H and O–H groups in total. The summed E-state index contributed by atoms with van der Waals surface area (Å²) in [5.41, 5.74) is 0.789. The van der Waals surface area contributed by atoms with Gasteiger partial charge in [-0.15, -0.1) is 11.3 Å². The van der Waals surface area contributed by atoms with Gasteiger partial charge in [-0.3, -0.25) is 4.79 Å². The van der Waals surface area contributed by atoms with E-state index in [9.17, 15) is 13.6 Å². The van der Waals surface area contributed by atoms with Crippen molar-refractivity contribution in [1.82, 2.24) is 4.98 Å². The average Bonchev–Trinajstić information content (AvgIpc) is 2.69. The lowest BCUT2D eigenvalue weighted by Gasteiger charge is -2.00. The quantitative estimate of drug-likeness (QED) is 0.928. The first kappa shape index (κ1) is 12.6. The minimum Gasteiger partial charge on any atom is -0.481 e. The van der Waals surface area contributed by atoms with Crippen molar-refractivity contribution in [3.05, 3.63) is 51.5 Å². The van der Waals surface area contributed by atoms with Crippen LogP contribution in [0.4, 0.5) is 8.78 Å². The van der Waals surface area contributed by atoms with Crippen LogP contribution in [0.15, 0.2) is 23.6 Å². The van der Waals surface area contributed by atoms with Crippen LogP contribution in [-0.4, -0.2) is 16.1 Å². The third-order valence-corrected chi connectivity index (χ3v) is 3.19. The number of rotatable bonds is 4. The van der Waals surface area contributed by atoms with Gasteiger partial charge in [0.1, 0.15) is 11.6 Å². The maximum absolute atomic E-state index is 13.4. The predicted molar refractivity (Wildman–Crippen MR) is 62.6 cm³/mol. The van der Waals surface area contributed by atoms with E-state index in [4.69, 9.17) is 5.11 Å². The average molecular weight is 269 g/mol. The number of aromatic nitrogens is 1. The van der Waals surface area contributed by atoms with Crippen molar-refractivity contribution < 1.29 is 18.7 Å². The number of carbonyl (C=O) groups is 1. The molecule has 1 aromatic carbocycles. The van der Waals surface area contributed by atoms with Crippen LogP contribution in [-0.2, 0) is 17.6 Å². The maximum atomic E-state index is 13.4. The smallest absolute Gasteiger partial charge is 0.309 e. The lowest BCUT2D eigenvalue weighted by Crippen LogP contribution is -2.00. The zero-order valence-electron chi connectivity index (χ0n) is 9.19. The summed E-state index contributed by atoms with van der Waals surface area (Å²) in [7, 11) is 0. The third-order valence-electron chi connectivity index (χ3n) is 2.29. The van der Waals surface area contributed by atoms with E-state index in [1.807, 2.05) is 0 Å². The second kappa shape index (κ2) is 5.22. The molecular formula is C12H9F2NO2S. The Morgan fingerprint density at radius 2 is 2.17 bits per heavy atom. The highest BCUT2D eigenvalue weighted by Gasteiger charge is 2.09. The highest BCUT2D eigenvalue weighted by molar-refractivity contribution is 7.09. The first-order chi connectivity index (χ1) is 8.54. The molecule has 1 heterocycles. The fraction of sp³-hybridized carbons (Fsp3) is 0.167. The van der Waals surface area contributed by atoms with Crippen molar-refractivity contribution >= 4 is 17.3 Å². The summed E-state index contributed by atoms with van der Waals surface area (Å²) in [5, 5.41) is 10.8. The van der Waals surface area contributed by atoms with E-state index in [1.165, 1.54) is 23.5 Å². The lowest BCUT2D eigenvalue weighted by atomic mass is 10.1. The molecule has 2 rings (SSSR count). The molecule has 0 saturated carbocycles. The van der Waals surface area contributed by atoms with Gasteiger partial charge in [-0.1, -0.05) is 6.07 Å². The molecule has 0 fully saturated rings. The monoisotopic (exact) mass is 269 g/mol. The number of benzene rings is 1. The van der Waals surface area contributed by atoms with Crippen molar-refractivity contribution in [2.45, 2.75) is 12.8 Å². The van der Waals surface area contributed by atoms with E-state index in [1.54, 1.807) is 5.38 Å². The van der Waals surface area contributed by atoms with E-state index in [2.05, 4.69) is 4.98 Å². The van der Waals surface area contributed by atoms with Crippen LogP contribution in [0.5, 0.6) is 0 Å². The minimum atomic E-state index is -0.959. The molecular weight excluding hydrogens is 260 g/mol. The standard InChI is InChI=1S/C12H9F2NO2S/c13-8-2-1-7(10(14)4-8)3-11-15-9(6-18-11)5-12(16)17/h1-2,4,6H,3,5H2,(H,16,17). The summed E-state index contributed by atoms with van der Waals surface area (Å²) < 4.78 is 26.1. The van der Waals surface area contributed by atoms with Crippen molar-refractivity contribution in [1.29, 1.82) is 0 Å². The maximum Gasteiger partial charge on any atom is 0.309 e. The molecule has 0 radical (unpaired) electrons. The van der Waals surface area contributed by atoms with Gasteiger partial charge in [0, 0.05) is 17.9 Å². The number of thiazole rings is 1. The van der Waals surface area contributed by atoms with Crippen LogP contribution in [0.2, 0.25) is 0 Å². The zero-order valence-corrected chi connectivity index (χ0v) is 10.0. The van der Waals surface area contributed by atoms with Gasteiger partial charge in [-0.2, -0.15) is 0 Å². The van der Waals surface area contributed by atoms with Crippen LogP contribution in [0, 0.1) is 11.6 Å². The zero-order chi connectivity index (χ0) is 13.1. The Labute approximate surface area is 106 Å². The number of nitrogens with zero attached hydrogens (tertiary/aromatic N) is 1. The Kier molecular flexibility index (Phi) is 3.66. The number of halogens is 2. The number of carboxylic acids is 1. The second-order valence-corrected chi connectivity index (χ2v) is 4.66. The molecule has 0 aliphatic rings. The van der Waals surface area contributed by atoms with E-state index >= 15 is 0 Å². The van der Waals surface area contributed by atoms with Crippen molar-refractivity contribution in [2.24, 2.45) is 0 Å². The van der Waals surface area contributed by atoms with Crippen LogP contribution in [0.1, 0.15) is 16.3 Å². The van der Waals surface area contributed by atoms with Crippen LogP contribution < -0.4 is 0 Å². The van der Waals surface area contributed by atoms with Crippen molar-refractivity contribution in [2.75, 3.05) is 0 Å². The SMILES string of the molecule is O=C(O)Cc1csc(Cc2ccc(F)cc2F)n1. The number of carboxylic acid groups (broad SMARTS) is 1. The Morgan fingerprint density at radius 1 is 1.39 bits per heavy atom. The molecule has 0 atom stereocenters. The van der Waals surface area contributed by atoms with Crippen LogP contribution in [0.25, 0.3) is 0 Å². The molecule has 0 amide bonds. The summed E-state index contributed by atoms with van der Waals surface area (Å²) in [6.07, 6.45) is 0.0821. The summed E-state index contributed by atoms with van der Waals surface area (Å²) in [5.74, 6) is -2.20. The van der Waals surface area contributed by atoms with Gasteiger partial charge in [0.2, 0.25) is 0 Å². The molecule has 0 spiro atoms. The fourth-order valence-electron chi connectivity index (χ4n) is 1.49. The van der Waals surface area contributed by atoms with Gasteiger partial charge < -0.3 is 5.11 Å². The molecule has 6 heteroatoms. The molecule has 0 saturated heterocycles. The van der Waals surface area contributed by atoms with Crippen molar-refractivity contribution in [3.63, 3.8) is 0 Å². The fourth-order valence-corrected chi connectivity index (χ4v) is 2.31. The first-order valence-corrected chi connectivity index (χ1v) is 6.01. The molecule has 2 aromatic rings. The van der Waals surface area contributed by atoms with E-state index in [0.29, 0.717) is 16.3 Å². The normalized spacial score (nSPS) is 10.6. The molecule has 0 aliphatic carbocycles. The topological polar surface area (TPSA) is 50.2 Å². The Hall–Kier alpha value is -1.82. The molecule has 0 aliphatic heterocycles. The molecule has 18 heavy (non-hydrogen) atoms. The Morgan fingerprint density at radius 3 is 2.83 bits per heavy atom. The Bertz CT molecular complexity index is 583. The van der Waals surface area contributed by atoms with Gasteiger partial charge in [-0.25, -0.2) is 13.8 Å². The van der Waals surface area contributed by atoms with Gasteiger partial charge in [-0.05, 0) is 11.6 Å². The summed E-state index contributed by atoms with van der Waals surface area (Å²) in [4.78, 5) is 14.6. The number of hydrogen-bond donors (Lipinski definition) is 1. The number of aliphatic carboxylic acids is 1. The van der Waals surface area contributed by atoms with Crippen molar-refractivity contribution in [3.8, 4) is 0 Å². The first-order valence-electron chi connectivity index (χ1n) is 5.13. The molecule has 0 unspecified atom stereocenters. The van der Waals surface area contributed by atoms with Gasteiger partial charge >= 0.3 is 5.97 Å². The summed E-state index contributed by atoms with van der Waals surface area (Å²) >= 11 is 1.26. The lowest BCUT2D eigenvalue weighted by molar-refractivity contribution is -0.136. The largest absolute Gasteiger partial charge is 0.481 e. The van der Waals surface area contributed by atoms with E-state index in [-0.39, 0.29) is 12.8 Å². The summed E-state index contributed by atoms with van der Waals surface area (Å²) in [6, 6.07) is 3.37. The molecule has 3 nitrogen and oxygen atoms in total. The molecule has 0 bridgehead atoms. The molecule has 1 aromatic heterocycles. The minimum absolute atomic E-state index is 0.150. The highest BCUT2D eigenvalue weighted by Crippen LogP contribution is 2.18. The summed E-state index contributed by atoms with van der Waals surface area (Å²) in [6.45, 7) is 0. The third kappa shape index (κ3) is 3.10. The number of hydrogen-bond acceptors (Lipinski definition) is 3. The van der Waals surface area contributed by atoms with E-state index < -0.39 is 17.6 Å². The predicted octanol–water partition coefficient (Wildman–Crippen LogP) is 2.64. The molecule has 94 valence electrons. The van der Waals surface area contributed by atoms with E-state index in [0.717, 1.165) is 6.07 Å². The Balaban J connectivity index is 2.13. The van der Waals surface area contributed by atoms with Crippen LogP contribution >= 0.6 is 11.3 Å². The van der Waals surface area contributed by atoms with Gasteiger partial charge in [0.25, 0.3) is 0 Å². The second-order valence-electron chi connectivity index (χ2n) is 3.72. The highest BCUT2D eigenvalue weighted by atomic mass is 32.1. The van der Waals surface area contributed by atoms with Gasteiger partial charge in [0.05, 0.1) is 17.1 Å². The van der Waals surface area contributed by atoms with Gasteiger partial charge in [0.15, 0.2) is 0 Å².